The summed E-state index contributed by atoms with van der Waals surface area (Å²) in [4.78, 5) is 26.2. The van der Waals surface area contributed by atoms with Crippen LogP contribution >= 0.6 is 23.2 Å². The van der Waals surface area contributed by atoms with E-state index in [1.807, 2.05) is 50.1 Å². The molecular weight excluding hydrogens is 487 g/mol. The number of halogens is 2. The fourth-order valence-corrected chi connectivity index (χ4v) is 5.95. The lowest BCUT2D eigenvalue weighted by Gasteiger charge is -2.23. The van der Waals surface area contributed by atoms with Crippen LogP contribution in [0.5, 0.6) is 0 Å². The Hall–Kier alpha value is -2.39. The van der Waals surface area contributed by atoms with E-state index in [0.717, 1.165) is 16.9 Å². The Morgan fingerprint density at radius 3 is 2.36 bits per heavy atom. The van der Waals surface area contributed by atoms with Crippen LogP contribution in [0.25, 0.3) is 0 Å². The van der Waals surface area contributed by atoms with Gasteiger partial charge in [0.2, 0.25) is 10.0 Å². The summed E-state index contributed by atoms with van der Waals surface area (Å²) in [6.45, 7) is 3.38. The second-order valence-electron chi connectivity index (χ2n) is 8.06. The van der Waals surface area contributed by atoms with Gasteiger partial charge in [-0.25, -0.2) is 13.1 Å². The first-order valence-electron chi connectivity index (χ1n) is 10.1. The van der Waals surface area contributed by atoms with E-state index in [2.05, 4.69) is 4.72 Å². The largest absolute Gasteiger partial charge is 0.457 e. The van der Waals surface area contributed by atoms with Crippen LogP contribution in [-0.4, -0.2) is 40.4 Å². The average Bonchev–Trinajstić information content (AvgIpc) is 2.93. The molecule has 1 aliphatic heterocycles. The molecular formula is C23H24Cl2N2O5S. The van der Waals surface area contributed by atoms with E-state index in [-0.39, 0.29) is 39.1 Å². The SMILES string of the molecule is CN1C(=CC(=O)COC(=O)CCNS(=O)(=O)c2c(Cl)cccc2Cl)C(C)(C)c2ccccc21. The monoisotopic (exact) mass is 510 g/mol. The summed E-state index contributed by atoms with van der Waals surface area (Å²) < 4.78 is 32.1. The number of carbonyl (C=O) groups is 2. The van der Waals surface area contributed by atoms with E-state index in [1.54, 1.807) is 0 Å². The van der Waals surface area contributed by atoms with E-state index >= 15 is 0 Å². The number of hydrogen-bond acceptors (Lipinski definition) is 6. The van der Waals surface area contributed by atoms with E-state index in [0.29, 0.717) is 0 Å². The number of anilines is 1. The second-order valence-corrected chi connectivity index (χ2v) is 10.6. The lowest BCUT2D eigenvalue weighted by atomic mass is 9.83. The molecule has 2 aromatic carbocycles. The van der Waals surface area contributed by atoms with Crippen molar-refractivity contribution in [2.75, 3.05) is 25.1 Å². The number of nitrogens with one attached hydrogen (secondary N) is 1. The maximum absolute atomic E-state index is 12.5. The summed E-state index contributed by atoms with van der Waals surface area (Å²) in [7, 11) is -2.13. The van der Waals surface area contributed by atoms with Crippen LogP contribution in [0.1, 0.15) is 25.8 Å². The van der Waals surface area contributed by atoms with Crippen molar-refractivity contribution in [1.29, 1.82) is 0 Å². The van der Waals surface area contributed by atoms with Gasteiger partial charge in [0, 0.05) is 36.5 Å². The third-order valence-corrected chi connectivity index (χ3v) is 7.84. The molecule has 0 saturated heterocycles. The first-order chi connectivity index (χ1) is 15.4. The minimum Gasteiger partial charge on any atom is -0.457 e. The average molecular weight is 511 g/mol. The van der Waals surface area contributed by atoms with Crippen LogP contribution in [0.15, 0.2) is 59.1 Å². The molecule has 0 aliphatic carbocycles. The van der Waals surface area contributed by atoms with E-state index in [4.69, 9.17) is 27.9 Å². The number of nitrogens with zero attached hydrogens (tertiary/aromatic N) is 1. The quantitative estimate of drug-likeness (QED) is 0.424. The molecule has 0 radical (unpaired) electrons. The molecule has 7 nitrogen and oxygen atoms in total. The van der Waals surface area contributed by atoms with Crippen LogP contribution < -0.4 is 9.62 Å². The van der Waals surface area contributed by atoms with Crippen molar-refractivity contribution in [3.63, 3.8) is 0 Å². The Bertz CT molecular complexity index is 1200. The fourth-order valence-electron chi connectivity index (χ4n) is 3.78. The first kappa shape index (κ1) is 25.2. The number of allylic oxidation sites excluding steroid dienone is 1. The van der Waals surface area contributed by atoms with Gasteiger partial charge < -0.3 is 9.64 Å². The molecule has 1 aliphatic rings. The molecule has 0 amide bonds. The highest BCUT2D eigenvalue weighted by molar-refractivity contribution is 7.89. The molecule has 1 N–H and O–H groups in total. The van der Waals surface area contributed by atoms with Gasteiger partial charge in [-0.15, -0.1) is 0 Å². The van der Waals surface area contributed by atoms with Gasteiger partial charge in [0.15, 0.2) is 12.4 Å². The van der Waals surface area contributed by atoms with Crippen molar-refractivity contribution in [1.82, 2.24) is 4.72 Å². The standard InChI is InChI=1S/C23H24Cl2N2O5S/c1-23(2)16-7-4-5-10-19(16)27(3)20(23)13-15(28)14-32-21(29)11-12-26-33(30,31)22-17(24)8-6-9-18(22)25/h4-10,13,26H,11-12,14H2,1-3H3. The highest BCUT2D eigenvalue weighted by Gasteiger charge is 2.38. The van der Waals surface area contributed by atoms with Crippen molar-refractivity contribution in [2.45, 2.75) is 30.6 Å². The van der Waals surface area contributed by atoms with Crippen LogP contribution in [0.2, 0.25) is 10.0 Å². The molecule has 0 saturated carbocycles. The van der Waals surface area contributed by atoms with E-state index in [9.17, 15) is 18.0 Å². The number of fused-ring (bicyclic) bond motifs is 1. The van der Waals surface area contributed by atoms with E-state index < -0.39 is 22.6 Å². The molecule has 0 unspecified atom stereocenters. The molecule has 3 rings (SSSR count). The smallest absolute Gasteiger partial charge is 0.307 e. The number of ether oxygens (including phenoxy) is 1. The number of ketones is 1. The summed E-state index contributed by atoms with van der Waals surface area (Å²) in [5.41, 5.74) is 2.55. The van der Waals surface area contributed by atoms with E-state index in [1.165, 1.54) is 24.3 Å². The summed E-state index contributed by atoms with van der Waals surface area (Å²) >= 11 is 11.9. The third kappa shape index (κ3) is 5.41. The predicted octanol–water partition coefficient (Wildman–Crippen LogP) is 4.09. The third-order valence-electron chi connectivity index (χ3n) is 5.42. The number of carbonyl (C=O) groups excluding carboxylic acids is 2. The highest BCUT2D eigenvalue weighted by Crippen LogP contribution is 2.46. The zero-order chi connectivity index (χ0) is 24.4. The predicted molar refractivity (Wildman–Crippen MR) is 128 cm³/mol. The zero-order valence-electron chi connectivity index (χ0n) is 18.4. The van der Waals surface area contributed by atoms with Gasteiger partial charge >= 0.3 is 5.97 Å². The van der Waals surface area contributed by atoms with Crippen LogP contribution in [0.3, 0.4) is 0 Å². The molecule has 0 bridgehead atoms. The molecule has 2 aromatic rings. The van der Waals surface area contributed by atoms with Gasteiger partial charge in [0.05, 0.1) is 16.5 Å². The van der Waals surface area contributed by atoms with Crippen molar-refractivity contribution in [3.8, 4) is 0 Å². The minimum atomic E-state index is -4.01. The van der Waals surface area contributed by atoms with Gasteiger partial charge in [-0.05, 0) is 23.8 Å². The van der Waals surface area contributed by atoms with Crippen LogP contribution in [0, 0.1) is 0 Å². The van der Waals surface area contributed by atoms with Crippen LogP contribution in [0.4, 0.5) is 5.69 Å². The lowest BCUT2D eigenvalue weighted by Crippen LogP contribution is -2.28. The second kappa shape index (κ2) is 9.85. The van der Waals surface area contributed by atoms with Crippen molar-refractivity contribution in [2.24, 2.45) is 0 Å². The Balaban J connectivity index is 1.54. The summed E-state index contributed by atoms with van der Waals surface area (Å²) in [6.07, 6.45) is 1.22. The summed E-state index contributed by atoms with van der Waals surface area (Å²) in [6, 6.07) is 12.2. The molecule has 10 heteroatoms. The maximum atomic E-state index is 12.5. The number of likely N-dealkylation sites (N-methyl/N-ethyl adjacent to an activating group) is 1. The molecule has 176 valence electrons. The van der Waals surface area contributed by atoms with Crippen molar-refractivity contribution >= 4 is 50.7 Å². The van der Waals surface area contributed by atoms with Crippen molar-refractivity contribution < 1.29 is 22.7 Å². The first-order valence-corrected chi connectivity index (χ1v) is 12.4. The molecule has 0 spiro atoms. The number of benzene rings is 2. The Morgan fingerprint density at radius 2 is 1.73 bits per heavy atom. The number of esters is 1. The normalized spacial score (nSPS) is 16.0. The zero-order valence-corrected chi connectivity index (χ0v) is 20.7. The van der Waals surface area contributed by atoms with Gasteiger partial charge in [-0.3, -0.25) is 9.59 Å². The number of sulfonamides is 1. The summed E-state index contributed by atoms with van der Waals surface area (Å²) in [5, 5.41) is -0.0590. The van der Waals surface area contributed by atoms with Crippen LogP contribution in [-0.2, 0) is 29.8 Å². The van der Waals surface area contributed by atoms with Gasteiger partial charge in [-0.2, -0.15) is 0 Å². The number of para-hydroxylation sites is 1. The van der Waals surface area contributed by atoms with Gasteiger partial charge in [-0.1, -0.05) is 61.3 Å². The topological polar surface area (TPSA) is 92.8 Å². The molecule has 0 aromatic heterocycles. The Kier molecular flexibility index (Phi) is 7.53. The highest BCUT2D eigenvalue weighted by atomic mass is 35.5. The Morgan fingerprint density at radius 1 is 1.09 bits per heavy atom. The number of hydrogen-bond donors (Lipinski definition) is 1. The van der Waals surface area contributed by atoms with Gasteiger partial charge in [0.1, 0.15) is 4.90 Å². The molecule has 33 heavy (non-hydrogen) atoms. The Labute approximate surface area is 203 Å². The number of rotatable bonds is 8. The maximum Gasteiger partial charge on any atom is 0.307 e. The molecule has 0 fully saturated rings. The lowest BCUT2D eigenvalue weighted by molar-refractivity contribution is -0.146. The molecule has 0 atom stereocenters. The van der Waals surface area contributed by atoms with Crippen molar-refractivity contribution in [3.05, 3.63) is 69.8 Å². The fraction of sp³-hybridized carbons (Fsp3) is 0.304. The minimum absolute atomic E-state index is 0.0295. The summed E-state index contributed by atoms with van der Waals surface area (Å²) in [5.74, 6) is -1.08. The molecule has 1 heterocycles. The van der Waals surface area contributed by atoms with Gasteiger partial charge in [0.25, 0.3) is 0 Å².